The van der Waals surface area contributed by atoms with Crippen LogP contribution in [-0.2, 0) is 0 Å². The first-order valence-electron chi connectivity index (χ1n) is 6.93. The number of rotatable bonds is 3. The van der Waals surface area contributed by atoms with E-state index in [2.05, 4.69) is 42.3 Å². The van der Waals surface area contributed by atoms with E-state index in [1.807, 2.05) is 13.0 Å². The molecular weight excluding hydrogens is 224 g/mol. The lowest BCUT2D eigenvalue weighted by molar-refractivity contribution is 0.340. The molecule has 0 bridgehead atoms. The average Bonchev–Trinajstić information content (AvgIpc) is 2.51. The molecule has 0 saturated carbocycles. The third-order valence-corrected chi connectivity index (χ3v) is 3.40. The van der Waals surface area contributed by atoms with Crippen LogP contribution >= 0.6 is 0 Å². The van der Waals surface area contributed by atoms with Crippen molar-refractivity contribution in [2.24, 2.45) is 0 Å². The molecule has 2 unspecified atom stereocenters. The zero-order valence-corrected chi connectivity index (χ0v) is 11.6. The number of ether oxygens (including phenoxy) is 1. The van der Waals surface area contributed by atoms with Gasteiger partial charge in [-0.2, -0.15) is 0 Å². The Hall–Kier alpha value is -1.22. The van der Waals surface area contributed by atoms with Crippen molar-refractivity contribution >= 4 is 5.69 Å². The molecule has 0 spiro atoms. The van der Waals surface area contributed by atoms with Gasteiger partial charge in [-0.05, 0) is 39.3 Å². The van der Waals surface area contributed by atoms with Crippen LogP contribution in [0, 0.1) is 0 Å². The number of para-hydroxylation sites is 2. The van der Waals surface area contributed by atoms with Crippen LogP contribution in [0.4, 0.5) is 5.69 Å². The Bertz CT molecular complexity index is 381. The summed E-state index contributed by atoms with van der Waals surface area (Å²) in [7, 11) is 0. The van der Waals surface area contributed by atoms with Gasteiger partial charge in [-0.3, -0.25) is 0 Å². The summed E-state index contributed by atoms with van der Waals surface area (Å²) >= 11 is 0. The van der Waals surface area contributed by atoms with Crippen LogP contribution in [-0.4, -0.2) is 31.8 Å². The maximum Gasteiger partial charge on any atom is 0.142 e. The molecule has 3 heteroatoms. The second-order valence-electron chi connectivity index (χ2n) is 5.10. The summed E-state index contributed by atoms with van der Waals surface area (Å²) in [5.41, 5.74) is 1.22. The van der Waals surface area contributed by atoms with Gasteiger partial charge >= 0.3 is 0 Å². The van der Waals surface area contributed by atoms with Gasteiger partial charge in [-0.15, -0.1) is 0 Å². The quantitative estimate of drug-likeness (QED) is 0.890. The molecule has 1 aromatic carbocycles. The summed E-state index contributed by atoms with van der Waals surface area (Å²) in [5, 5.41) is 3.61. The summed E-state index contributed by atoms with van der Waals surface area (Å²) in [6, 6.07) is 9.45. The minimum atomic E-state index is 0.511. The largest absolute Gasteiger partial charge is 0.492 e. The highest BCUT2D eigenvalue weighted by Crippen LogP contribution is 2.29. The molecule has 100 valence electrons. The first-order valence-corrected chi connectivity index (χ1v) is 6.93. The lowest BCUT2D eigenvalue weighted by atomic mass is 10.2. The minimum absolute atomic E-state index is 0.511. The smallest absolute Gasteiger partial charge is 0.142 e. The van der Waals surface area contributed by atoms with E-state index in [9.17, 15) is 0 Å². The summed E-state index contributed by atoms with van der Waals surface area (Å²) in [4.78, 5) is 2.44. The van der Waals surface area contributed by atoms with Crippen molar-refractivity contribution in [2.45, 2.75) is 39.3 Å². The molecule has 1 aliphatic heterocycles. The van der Waals surface area contributed by atoms with E-state index < -0.39 is 0 Å². The third-order valence-electron chi connectivity index (χ3n) is 3.40. The topological polar surface area (TPSA) is 24.5 Å². The van der Waals surface area contributed by atoms with E-state index in [1.54, 1.807) is 0 Å². The SMILES string of the molecule is CCOc1ccccc1N1CCC(C)NC(C)C1. The van der Waals surface area contributed by atoms with Gasteiger partial charge in [0.25, 0.3) is 0 Å². The molecule has 1 fully saturated rings. The van der Waals surface area contributed by atoms with E-state index in [4.69, 9.17) is 4.74 Å². The van der Waals surface area contributed by atoms with Crippen molar-refractivity contribution in [3.05, 3.63) is 24.3 Å². The molecule has 0 radical (unpaired) electrons. The number of nitrogens with zero attached hydrogens (tertiary/aromatic N) is 1. The normalized spacial score (nSPS) is 24.7. The van der Waals surface area contributed by atoms with Gasteiger partial charge in [-0.1, -0.05) is 12.1 Å². The molecule has 1 heterocycles. The first-order chi connectivity index (χ1) is 8.70. The molecule has 3 nitrogen and oxygen atoms in total. The molecule has 1 N–H and O–H groups in total. The van der Waals surface area contributed by atoms with Gasteiger partial charge in [-0.25, -0.2) is 0 Å². The molecule has 0 aliphatic carbocycles. The molecule has 2 rings (SSSR count). The van der Waals surface area contributed by atoms with Crippen LogP contribution in [0.25, 0.3) is 0 Å². The summed E-state index contributed by atoms with van der Waals surface area (Å²) in [6.45, 7) is 9.38. The zero-order chi connectivity index (χ0) is 13.0. The summed E-state index contributed by atoms with van der Waals surface area (Å²) < 4.78 is 5.73. The highest BCUT2D eigenvalue weighted by Gasteiger charge is 2.20. The van der Waals surface area contributed by atoms with Gasteiger partial charge in [0.05, 0.1) is 12.3 Å². The Morgan fingerprint density at radius 3 is 2.83 bits per heavy atom. The molecular formula is C15H24N2O. The zero-order valence-electron chi connectivity index (χ0n) is 11.6. The molecule has 0 aromatic heterocycles. The van der Waals surface area contributed by atoms with Crippen molar-refractivity contribution in [1.82, 2.24) is 5.32 Å². The van der Waals surface area contributed by atoms with Crippen molar-refractivity contribution in [3.63, 3.8) is 0 Å². The molecule has 1 aromatic rings. The number of benzene rings is 1. The van der Waals surface area contributed by atoms with E-state index in [0.717, 1.165) is 25.4 Å². The van der Waals surface area contributed by atoms with Crippen LogP contribution in [0.1, 0.15) is 27.2 Å². The second-order valence-corrected chi connectivity index (χ2v) is 5.10. The monoisotopic (exact) mass is 248 g/mol. The van der Waals surface area contributed by atoms with Crippen LogP contribution in [0.5, 0.6) is 5.75 Å². The number of hydrogen-bond acceptors (Lipinski definition) is 3. The van der Waals surface area contributed by atoms with E-state index in [1.165, 1.54) is 12.1 Å². The predicted molar refractivity (Wildman–Crippen MR) is 76.5 cm³/mol. The van der Waals surface area contributed by atoms with E-state index in [0.29, 0.717) is 12.1 Å². The minimum Gasteiger partial charge on any atom is -0.492 e. The number of nitrogens with one attached hydrogen (secondary N) is 1. The summed E-state index contributed by atoms with van der Waals surface area (Å²) in [5.74, 6) is 1.00. The number of anilines is 1. The van der Waals surface area contributed by atoms with Crippen molar-refractivity contribution in [2.75, 3.05) is 24.6 Å². The van der Waals surface area contributed by atoms with Gasteiger partial charge in [0.1, 0.15) is 5.75 Å². The fourth-order valence-electron chi connectivity index (χ4n) is 2.61. The van der Waals surface area contributed by atoms with Gasteiger partial charge in [0, 0.05) is 25.2 Å². The molecule has 1 aliphatic rings. The van der Waals surface area contributed by atoms with Gasteiger partial charge in [0.15, 0.2) is 0 Å². The van der Waals surface area contributed by atoms with Gasteiger partial charge < -0.3 is 15.0 Å². The lowest BCUT2D eigenvalue weighted by Gasteiger charge is -2.26. The Kier molecular flexibility index (Phi) is 4.48. The van der Waals surface area contributed by atoms with Crippen LogP contribution in [0.2, 0.25) is 0 Å². The summed E-state index contributed by atoms with van der Waals surface area (Å²) in [6.07, 6.45) is 1.17. The average molecular weight is 248 g/mol. The van der Waals surface area contributed by atoms with Crippen LogP contribution in [0.3, 0.4) is 0 Å². The fraction of sp³-hybridized carbons (Fsp3) is 0.600. The highest BCUT2D eigenvalue weighted by molar-refractivity contribution is 5.58. The second kappa shape index (κ2) is 6.10. The molecule has 0 amide bonds. The predicted octanol–water partition coefficient (Wildman–Crippen LogP) is 2.66. The van der Waals surface area contributed by atoms with Crippen LogP contribution in [0.15, 0.2) is 24.3 Å². The molecule has 2 atom stereocenters. The Morgan fingerprint density at radius 1 is 1.28 bits per heavy atom. The maximum absolute atomic E-state index is 5.73. The standard InChI is InChI=1S/C15H24N2O/c1-4-18-15-8-6-5-7-14(15)17-10-9-12(2)16-13(3)11-17/h5-8,12-13,16H,4,9-11H2,1-3H3. The molecule has 18 heavy (non-hydrogen) atoms. The Labute approximate surface area is 110 Å². The van der Waals surface area contributed by atoms with Crippen molar-refractivity contribution in [1.29, 1.82) is 0 Å². The lowest BCUT2D eigenvalue weighted by Crippen LogP contribution is -2.37. The Balaban J connectivity index is 2.19. The van der Waals surface area contributed by atoms with Crippen molar-refractivity contribution < 1.29 is 4.74 Å². The van der Waals surface area contributed by atoms with Crippen LogP contribution < -0.4 is 15.0 Å². The van der Waals surface area contributed by atoms with Crippen molar-refractivity contribution in [3.8, 4) is 5.75 Å². The first kappa shape index (κ1) is 13.2. The highest BCUT2D eigenvalue weighted by atomic mass is 16.5. The fourth-order valence-corrected chi connectivity index (χ4v) is 2.61. The molecule has 1 saturated heterocycles. The van der Waals surface area contributed by atoms with Gasteiger partial charge in [0.2, 0.25) is 0 Å². The number of hydrogen-bond donors (Lipinski definition) is 1. The maximum atomic E-state index is 5.73. The third kappa shape index (κ3) is 3.16. The van der Waals surface area contributed by atoms with E-state index in [-0.39, 0.29) is 0 Å². The van der Waals surface area contributed by atoms with E-state index >= 15 is 0 Å². The Morgan fingerprint density at radius 2 is 2.06 bits per heavy atom.